The van der Waals surface area contributed by atoms with Crippen LogP contribution in [0.5, 0.6) is 0 Å². The Morgan fingerprint density at radius 2 is 1.74 bits per heavy atom. The lowest BCUT2D eigenvalue weighted by Crippen LogP contribution is -2.22. The summed E-state index contributed by atoms with van der Waals surface area (Å²) in [5, 5.41) is 4.71. The Kier molecular flexibility index (Phi) is 5.53. The molecule has 0 saturated heterocycles. The molecular weight excluding hydrogens is 301 g/mol. The van der Waals surface area contributed by atoms with E-state index >= 15 is 0 Å². The van der Waals surface area contributed by atoms with Crippen LogP contribution in [0.2, 0.25) is 10.0 Å². The van der Waals surface area contributed by atoms with E-state index in [0.717, 1.165) is 5.56 Å². The first-order valence-corrected chi connectivity index (χ1v) is 7.28. The highest BCUT2D eigenvalue weighted by Crippen LogP contribution is 2.22. The molecule has 2 rings (SSSR count). The molecule has 1 N–H and O–H groups in total. The molecule has 0 radical (unpaired) electrons. The van der Waals surface area contributed by atoms with Crippen molar-refractivity contribution in [1.29, 1.82) is 0 Å². The van der Waals surface area contributed by atoms with Gasteiger partial charge in [0.25, 0.3) is 0 Å². The summed E-state index contributed by atoms with van der Waals surface area (Å²) in [6.07, 6.45) is 0. The van der Waals surface area contributed by atoms with E-state index in [1.807, 2.05) is 30.3 Å². The summed E-state index contributed by atoms with van der Waals surface area (Å²) in [6.45, 7) is 0.655. The maximum atomic E-state index is 6.14. The van der Waals surface area contributed by atoms with Gasteiger partial charge >= 0.3 is 0 Å². The van der Waals surface area contributed by atoms with Crippen molar-refractivity contribution in [3.63, 3.8) is 0 Å². The van der Waals surface area contributed by atoms with Gasteiger partial charge in [-0.05, 0) is 23.3 Å². The molecule has 100 valence electrons. The van der Waals surface area contributed by atoms with Crippen molar-refractivity contribution in [2.24, 2.45) is 0 Å². The van der Waals surface area contributed by atoms with Crippen LogP contribution in [0.3, 0.4) is 0 Å². The molecule has 0 fully saturated rings. The molecule has 2 aromatic rings. The Morgan fingerprint density at radius 1 is 1.00 bits per heavy atom. The van der Waals surface area contributed by atoms with Crippen LogP contribution in [0.1, 0.15) is 17.2 Å². The van der Waals surface area contributed by atoms with Crippen molar-refractivity contribution < 1.29 is 0 Å². The van der Waals surface area contributed by atoms with Gasteiger partial charge in [0, 0.05) is 28.5 Å². The van der Waals surface area contributed by atoms with E-state index in [-0.39, 0.29) is 6.04 Å². The maximum Gasteiger partial charge on any atom is 0.0465 e. The van der Waals surface area contributed by atoms with Crippen LogP contribution in [0.15, 0.2) is 48.5 Å². The molecule has 4 heteroatoms. The Morgan fingerprint density at radius 3 is 2.37 bits per heavy atom. The van der Waals surface area contributed by atoms with Gasteiger partial charge in [-0.2, -0.15) is 0 Å². The van der Waals surface area contributed by atoms with Gasteiger partial charge in [0.1, 0.15) is 0 Å². The largest absolute Gasteiger partial charge is 0.305 e. The van der Waals surface area contributed by atoms with E-state index in [9.17, 15) is 0 Å². The third-order valence-corrected chi connectivity index (χ3v) is 3.81. The Labute approximate surface area is 128 Å². The fourth-order valence-corrected chi connectivity index (χ4v) is 2.61. The minimum atomic E-state index is 0.106. The molecule has 2 aromatic carbocycles. The molecule has 0 amide bonds. The number of rotatable bonds is 5. The minimum absolute atomic E-state index is 0.106. The molecular formula is C15H14Cl3N. The zero-order valence-electron chi connectivity index (χ0n) is 10.2. The molecule has 1 unspecified atom stereocenters. The molecule has 19 heavy (non-hydrogen) atoms. The molecule has 0 spiro atoms. The van der Waals surface area contributed by atoms with Gasteiger partial charge < -0.3 is 5.32 Å². The number of hydrogen-bond donors (Lipinski definition) is 1. The van der Waals surface area contributed by atoms with Crippen LogP contribution in [0.25, 0.3) is 0 Å². The second-order valence-electron chi connectivity index (χ2n) is 4.23. The van der Waals surface area contributed by atoms with Gasteiger partial charge in [-0.25, -0.2) is 0 Å². The number of benzene rings is 2. The van der Waals surface area contributed by atoms with Gasteiger partial charge in [0.2, 0.25) is 0 Å². The van der Waals surface area contributed by atoms with E-state index in [1.165, 1.54) is 5.56 Å². The monoisotopic (exact) mass is 313 g/mol. The van der Waals surface area contributed by atoms with Crippen molar-refractivity contribution in [1.82, 2.24) is 5.32 Å². The highest BCUT2D eigenvalue weighted by molar-refractivity contribution is 6.35. The third kappa shape index (κ3) is 4.12. The maximum absolute atomic E-state index is 6.14. The lowest BCUT2D eigenvalue weighted by molar-refractivity contribution is 0.579. The second-order valence-corrected chi connectivity index (χ2v) is 5.39. The summed E-state index contributed by atoms with van der Waals surface area (Å²) in [7, 11) is 0. The number of alkyl halides is 1. The van der Waals surface area contributed by atoms with Crippen molar-refractivity contribution in [3.8, 4) is 0 Å². The first kappa shape index (κ1) is 14.7. The van der Waals surface area contributed by atoms with E-state index in [2.05, 4.69) is 17.4 Å². The van der Waals surface area contributed by atoms with Gasteiger partial charge in [0.05, 0.1) is 0 Å². The first-order chi connectivity index (χ1) is 9.20. The van der Waals surface area contributed by atoms with Crippen molar-refractivity contribution in [2.45, 2.75) is 12.6 Å². The SMILES string of the molecule is ClCC(NCc1ccc(Cl)cc1Cl)c1ccccc1. The highest BCUT2D eigenvalue weighted by atomic mass is 35.5. The zero-order chi connectivity index (χ0) is 13.7. The highest BCUT2D eigenvalue weighted by Gasteiger charge is 2.10. The lowest BCUT2D eigenvalue weighted by atomic mass is 10.1. The number of halogens is 3. The average molecular weight is 315 g/mol. The molecule has 0 aliphatic heterocycles. The van der Waals surface area contributed by atoms with Crippen molar-refractivity contribution in [2.75, 3.05) is 5.88 Å². The summed E-state index contributed by atoms with van der Waals surface area (Å²) < 4.78 is 0. The Bertz CT molecular complexity index is 528. The molecule has 0 aliphatic carbocycles. The summed E-state index contributed by atoms with van der Waals surface area (Å²) in [6, 6.07) is 15.7. The molecule has 0 bridgehead atoms. The van der Waals surface area contributed by atoms with Crippen LogP contribution >= 0.6 is 34.8 Å². The van der Waals surface area contributed by atoms with Gasteiger partial charge in [-0.15, -0.1) is 11.6 Å². The fourth-order valence-electron chi connectivity index (χ4n) is 1.85. The van der Waals surface area contributed by atoms with Crippen LogP contribution in [-0.2, 0) is 6.54 Å². The van der Waals surface area contributed by atoms with Gasteiger partial charge in [-0.1, -0.05) is 59.6 Å². The number of hydrogen-bond acceptors (Lipinski definition) is 1. The standard InChI is InChI=1S/C15H14Cl3N/c16-9-15(11-4-2-1-3-5-11)19-10-12-6-7-13(17)8-14(12)18/h1-8,15,19H,9-10H2. The van der Waals surface area contributed by atoms with E-state index in [0.29, 0.717) is 22.5 Å². The van der Waals surface area contributed by atoms with E-state index in [1.54, 1.807) is 6.07 Å². The normalized spacial score (nSPS) is 12.4. The van der Waals surface area contributed by atoms with Gasteiger partial charge in [-0.3, -0.25) is 0 Å². The summed E-state index contributed by atoms with van der Waals surface area (Å²) in [5.41, 5.74) is 2.18. The quantitative estimate of drug-likeness (QED) is 0.760. The Balaban J connectivity index is 2.04. The first-order valence-electron chi connectivity index (χ1n) is 5.99. The van der Waals surface area contributed by atoms with E-state index in [4.69, 9.17) is 34.8 Å². The average Bonchev–Trinajstić information content (AvgIpc) is 2.43. The summed E-state index contributed by atoms with van der Waals surface area (Å²) in [4.78, 5) is 0. The van der Waals surface area contributed by atoms with Crippen LogP contribution in [0.4, 0.5) is 0 Å². The lowest BCUT2D eigenvalue weighted by Gasteiger charge is -2.17. The molecule has 1 atom stereocenters. The Hall–Kier alpha value is -0.730. The van der Waals surface area contributed by atoms with Crippen LogP contribution < -0.4 is 5.32 Å². The van der Waals surface area contributed by atoms with E-state index < -0.39 is 0 Å². The molecule has 0 saturated carbocycles. The number of nitrogens with one attached hydrogen (secondary N) is 1. The van der Waals surface area contributed by atoms with Crippen LogP contribution in [-0.4, -0.2) is 5.88 Å². The van der Waals surface area contributed by atoms with Crippen molar-refractivity contribution in [3.05, 3.63) is 69.7 Å². The zero-order valence-corrected chi connectivity index (χ0v) is 12.5. The molecule has 0 aromatic heterocycles. The predicted molar refractivity (Wildman–Crippen MR) is 83.2 cm³/mol. The van der Waals surface area contributed by atoms with Gasteiger partial charge in [0.15, 0.2) is 0 Å². The predicted octanol–water partition coefficient (Wildman–Crippen LogP) is 5.06. The fraction of sp³-hybridized carbons (Fsp3) is 0.200. The van der Waals surface area contributed by atoms with Crippen LogP contribution in [0, 0.1) is 0 Å². The second kappa shape index (κ2) is 7.16. The molecule has 0 aliphatic rings. The summed E-state index contributed by atoms with van der Waals surface area (Å²) >= 11 is 18.0. The summed E-state index contributed by atoms with van der Waals surface area (Å²) in [5.74, 6) is 0.509. The molecule has 1 nitrogen and oxygen atoms in total. The molecule has 0 heterocycles. The third-order valence-electron chi connectivity index (χ3n) is 2.91. The topological polar surface area (TPSA) is 12.0 Å². The minimum Gasteiger partial charge on any atom is -0.305 e. The van der Waals surface area contributed by atoms with Crippen molar-refractivity contribution >= 4 is 34.8 Å². The smallest absolute Gasteiger partial charge is 0.0465 e.